The Balaban J connectivity index is 1.66. The molecule has 0 aromatic carbocycles. The molecule has 1 saturated carbocycles. The number of nitrogens with one attached hydrogen (secondary N) is 2. The van der Waals surface area contributed by atoms with Gasteiger partial charge in [0, 0.05) is 0 Å². The molecule has 0 radical (unpaired) electrons. The van der Waals surface area contributed by atoms with Crippen molar-refractivity contribution in [3.63, 3.8) is 0 Å². The average molecular weight is 287 g/mol. The minimum atomic E-state index is -0.130. The monoisotopic (exact) mass is 287 g/mol. The third-order valence-corrected chi connectivity index (χ3v) is 3.68. The highest BCUT2D eigenvalue weighted by molar-refractivity contribution is 5.95. The van der Waals surface area contributed by atoms with Crippen LogP contribution in [0.1, 0.15) is 35.3 Å². The fraction of sp³-hybridized carbons (Fsp3) is 0.429. The van der Waals surface area contributed by atoms with E-state index in [9.17, 15) is 4.79 Å². The van der Waals surface area contributed by atoms with Crippen molar-refractivity contribution >= 4 is 5.91 Å². The largest absolute Gasteiger partial charge is 0.485 e. The maximum atomic E-state index is 12.3. The summed E-state index contributed by atoms with van der Waals surface area (Å²) < 4.78 is 5.86. The fourth-order valence-corrected chi connectivity index (χ4v) is 2.60. The first kappa shape index (κ1) is 13.5. The van der Waals surface area contributed by atoms with Crippen LogP contribution in [-0.4, -0.2) is 38.4 Å². The second kappa shape index (κ2) is 5.90. The number of hydrogen-bond acceptors (Lipinski definition) is 5. The van der Waals surface area contributed by atoms with Crippen LogP contribution in [0.15, 0.2) is 24.7 Å². The zero-order valence-corrected chi connectivity index (χ0v) is 11.7. The molecule has 0 saturated heterocycles. The smallest absolute Gasteiger partial charge is 0.253 e. The number of rotatable bonds is 4. The van der Waals surface area contributed by atoms with E-state index in [-0.39, 0.29) is 18.1 Å². The quantitative estimate of drug-likeness (QED) is 0.882. The van der Waals surface area contributed by atoms with Crippen molar-refractivity contribution in [2.24, 2.45) is 0 Å². The van der Waals surface area contributed by atoms with Crippen molar-refractivity contribution in [3.8, 4) is 5.75 Å². The zero-order valence-electron chi connectivity index (χ0n) is 11.7. The molecule has 2 N–H and O–H groups in total. The number of carbonyl (C=O) groups is 1. The second-order valence-electron chi connectivity index (χ2n) is 5.13. The van der Waals surface area contributed by atoms with Gasteiger partial charge in [-0.1, -0.05) is 0 Å². The lowest BCUT2D eigenvalue weighted by molar-refractivity contribution is 0.0893. The molecule has 2 atom stereocenters. The van der Waals surface area contributed by atoms with Crippen LogP contribution >= 0.6 is 0 Å². The topological polar surface area (TPSA) is 92.8 Å². The first-order chi connectivity index (χ1) is 10.2. The Morgan fingerprint density at radius 3 is 3.14 bits per heavy atom. The summed E-state index contributed by atoms with van der Waals surface area (Å²) in [6.07, 6.45) is 7.69. The summed E-state index contributed by atoms with van der Waals surface area (Å²) in [5.41, 5.74) is 1.18. The van der Waals surface area contributed by atoms with Gasteiger partial charge >= 0.3 is 0 Å². The number of aryl methyl sites for hydroxylation is 1. The van der Waals surface area contributed by atoms with E-state index in [1.807, 2.05) is 0 Å². The van der Waals surface area contributed by atoms with Crippen LogP contribution in [0.2, 0.25) is 0 Å². The van der Waals surface area contributed by atoms with Crippen LogP contribution in [0.25, 0.3) is 0 Å². The number of aromatic nitrogens is 4. The van der Waals surface area contributed by atoms with Crippen molar-refractivity contribution in [1.82, 2.24) is 25.7 Å². The predicted octanol–water partition coefficient (Wildman–Crippen LogP) is 1.24. The van der Waals surface area contributed by atoms with Crippen LogP contribution < -0.4 is 10.1 Å². The highest BCUT2D eigenvalue weighted by Gasteiger charge is 2.31. The van der Waals surface area contributed by atoms with E-state index >= 15 is 0 Å². The highest BCUT2D eigenvalue weighted by atomic mass is 16.5. The third-order valence-electron chi connectivity index (χ3n) is 3.68. The first-order valence-electron chi connectivity index (χ1n) is 6.98. The summed E-state index contributed by atoms with van der Waals surface area (Å²) in [5.74, 6) is 0.568. The van der Waals surface area contributed by atoms with Crippen molar-refractivity contribution in [3.05, 3.63) is 35.9 Å². The highest BCUT2D eigenvalue weighted by Crippen LogP contribution is 2.24. The van der Waals surface area contributed by atoms with Crippen molar-refractivity contribution < 1.29 is 9.53 Å². The Morgan fingerprint density at radius 2 is 2.38 bits per heavy atom. The molecule has 0 aliphatic heterocycles. The molecule has 1 aliphatic rings. The molecule has 110 valence electrons. The number of amides is 1. The SMILES string of the molecule is Cc1nnccc1C(=O)N[C@H]1CCC[C@H]1Oc1cn[nH]c1. The number of carbonyl (C=O) groups excluding carboxylic acids is 1. The molecule has 0 unspecified atom stereocenters. The van der Waals surface area contributed by atoms with Gasteiger partial charge in [0.25, 0.3) is 5.91 Å². The van der Waals surface area contributed by atoms with Gasteiger partial charge < -0.3 is 10.1 Å². The van der Waals surface area contributed by atoms with Crippen molar-refractivity contribution in [2.45, 2.75) is 38.3 Å². The molecular formula is C14H17N5O2. The van der Waals surface area contributed by atoms with Gasteiger partial charge in [0.1, 0.15) is 6.10 Å². The maximum absolute atomic E-state index is 12.3. The Morgan fingerprint density at radius 1 is 1.48 bits per heavy atom. The lowest BCUT2D eigenvalue weighted by Gasteiger charge is -2.21. The van der Waals surface area contributed by atoms with E-state index in [1.54, 1.807) is 25.4 Å². The molecule has 0 spiro atoms. The molecule has 7 heteroatoms. The zero-order chi connectivity index (χ0) is 14.7. The van der Waals surface area contributed by atoms with Crippen molar-refractivity contribution in [1.29, 1.82) is 0 Å². The van der Waals surface area contributed by atoms with Gasteiger partial charge in [0.05, 0.1) is 35.9 Å². The molecule has 1 fully saturated rings. The van der Waals surface area contributed by atoms with Gasteiger partial charge in [0.2, 0.25) is 0 Å². The molecule has 1 amide bonds. The number of ether oxygens (including phenoxy) is 1. The number of nitrogens with zero attached hydrogens (tertiary/aromatic N) is 3. The van der Waals surface area contributed by atoms with Crippen LogP contribution in [0.3, 0.4) is 0 Å². The summed E-state index contributed by atoms with van der Waals surface area (Å²) in [7, 11) is 0. The van der Waals surface area contributed by atoms with E-state index in [4.69, 9.17) is 4.74 Å². The average Bonchev–Trinajstić information content (AvgIpc) is 3.12. The molecule has 1 aliphatic carbocycles. The van der Waals surface area contributed by atoms with E-state index in [0.717, 1.165) is 19.3 Å². The molecule has 21 heavy (non-hydrogen) atoms. The van der Waals surface area contributed by atoms with Gasteiger partial charge in [-0.05, 0) is 32.3 Å². The van der Waals surface area contributed by atoms with Crippen molar-refractivity contribution in [2.75, 3.05) is 0 Å². The van der Waals surface area contributed by atoms with Crippen LogP contribution in [0.4, 0.5) is 0 Å². The summed E-state index contributed by atoms with van der Waals surface area (Å²) >= 11 is 0. The molecule has 3 rings (SSSR count). The van der Waals surface area contributed by atoms with Crippen LogP contribution in [0, 0.1) is 6.92 Å². The van der Waals surface area contributed by atoms with Gasteiger partial charge in [-0.25, -0.2) is 0 Å². The minimum Gasteiger partial charge on any atom is -0.485 e. The normalized spacial score (nSPS) is 21.2. The predicted molar refractivity (Wildman–Crippen MR) is 74.9 cm³/mol. The number of H-pyrrole nitrogens is 1. The Labute approximate surface area is 122 Å². The Bertz CT molecular complexity index is 614. The van der Waals surface area contributed by atoms with Gasteiger partial charge in [-0.3, -0.25) is 9.89 Å². The molecule has 2 aromatic rings. The molecule has 0 bridgehead atoms. The third kappa shape index (κ3) is 3.01. The number of hydrogen-bond donors (Lipinski definition) is 2. The summed E-state index contributed by atoms with van der Waals surface area (Å²) in [4.78, 5) is 12.3. The lowest BCUT2D eigenvalue weighted by Crippen LogP contribution is -2.42. The fourth-order valence-electron chi connectivity index (χ4n) is 2.60. The molecule has 2 aromatic heterocycles. The minimum absolute atomic E-state index is 0.0000321. The molecule has 2 heterocycles. The van der Waals surface area contributed by atoms with E-state index < -0.39 is 0 Å². The summed E-state index contributed by atoms with van der Waals surface area (Å²) in [5, 5.41) is 17.3. The molecule has 7 nitrogen and oxygen atoms in total. The lowest BCUT2D eigenvalue weighted by atomic mass is 10.1. The van der Waals surface area contributed by atoms with E-state index in [2.05, 4.69) is 25.7 Å². The van der Waals surface area contributed by atoms with Crippen LogP contribution in [-0.2, 0) is 0 Å². The Hall–Kier alpha value is -2.44. The number of aromatic amines is 1. The standard InChI is InChI=1S/C14H17N5O2/c1-9-11(5-6-15-19-9)14(20)18-12-3-2-4-13(12)21-10-7-16-17-8-10/h5-8,12-13H,2-4H2,1H3,(H,16,17)(H,18,20)/t12-,13+/m0/s1. The van der Waals surface area contributed by atoms with Crippen LogP contribution in [0.5, 0.6) is 5.75 Å². The van der Waals surface area contributed by atoms with E-state index in [0.29, 0.717) is 17.0 Å². The van der Waals surface area contributed by atoms with Gasteiger partial charge in [-0.15, -0.1) is 0 Å². The molecular weight excluding hydrogens is 270 g/mol. The summed E-state index contributed by atoms with van der Waals surface area (Å²) in [6.45, 7) is 1.77. The summed E-state index contributed by atoms with van der Waals surface area (Å²) in [6, 6.07) is 1.68. The van der Waals surface area contributed by atoms with Gasteiger partial charge in [-0.2, -0.15) is 15.3 Å². The Kier molecular flexibility index (Phi) is 3.81. The maximum Gasteiger partial charge on any atom is 0.253 e. The first-order valence-corrected chi connectivity index (χ1v) is 6.98. The van der Waals surface area contributed by atoms with Gasteiger partial charge in [0.15, 0.2) is 5.75 Å². The van der Waals surface area contributed by atoms with E-state index in [1.165, 1.54) is 6.20 Å². The second-order valence-corrected chi connectivity index (χ2v) is 5.13.